The monoisotopic (exact) mass is 314 g/mol. The van der Waals surface area contributed by atoms with Crippen LogP contribution < -0.4 is 0 Å². The van der Waals surface area contributed by atoms with Crippen molar-refractivity contribution in [2.24, 2.45) is 0 Å². The maximum atomic E-state index is 11.4. The Labute approximate surface area is 129 Å². The van der Waals surface area contributed by atoms with Crippen molar-refractivity contribution >= 4 is 17.7 Å². The average Bonchev–Trinajstić information content (AvgIpc) is 2.44. The molecular weight excluding hydrogens is 292 g/mol. The zero-order chi connectivity index (χ0) is 15.8. The number of rotatable bonds is 9. The molecule has 0 unspecified atom stereocenters. The lowest BCUT2D eigenvalue weighted by Gasteiger charge is -2.17. The first kappa shape index (κ1) is 17.9. The fourth-order valence-electron chi connectivity index (χ4n) is 1.77. The molecule has 0 radical (unpaired) electrons. The van der Waals surface area contributed by atoms with Crippen molar-refractivity contribution in [1.29, 1.82) is 0 Å². The van der Waals surface area contributed by atoms with Crippen LogP contribution in [0, 0.1) is 6.92 Å². The number of aromatic carboxylic acids is 1. The molecule has 0 aromatic carbocycles. The number of ether oxygens (including phenoxy) is 2. The number of nitrogens with zero attached hydrogens (tertiary/aromatic N) is 2. The van der Waals surface area contributed by atoms with Gasteiger partial charge in [-0.1, -0.05) is 6.92 Å². The molecule has 1 aromatic heterocycles. The summed E-state index contributed by atoms with van der Waals surface area (Å²) in [6.07, 6.45) is 0.293. The minimum atomic E-state index is -1.01. The van der Waals surface area contributed by atoms with Crippen LogP contribution in [0.1, 0.15) is 42.6 Å². The first-order valence-electron chi connectivity index (χ1n) is 7.00. The Morgan fingerprint density at radius 2 is 1.86 bits per heavy atom. The van der Waals surface area contributed by atoms with Crippen molar-refractivity contribution in [2.75, 3.05) is 19.0 Å². The van der Waals surface area contributed by atoms with E-state index in [1.165, 1.54) is 11.8 Å². The van der Waals surface area contributed by atoms with Crippen LogP contribution in [0.25, 0.3) is 0 Å². The number of aryl methyl sites for hydroxylation is 2. The first-order chi connectivity index (χ1) is 10.0. The van der Waals surface area contributed by atoms with Crippen LogP contribution in [0.2, 0.25) is 0 Å². The Bertz CT molecular complexity index is 476. The van der Waals surface area contributed by atoms with E-state index in [1.807, 2.05) is 20.8 Å². The molecule has 0 bridgehead atoms. The number of carboxylic acids is 1. The molecular formula is C14H22N2O4S. The van der Waals surface area contributed by atoms with E-state index in [-0.39, 0.29) is 11.9 Å². The van der Waals surface area contributed by atoms with Crippen LogP contribution in [0.4, 0.5) is 0 Å². The summed E-state index contributed by atoms with van der Waals surface area (Å²) in [5.41, 5.74) is 0.644. The molecule has 1 heterocycles. The van der Waals surface area contributed by atoms with Crippen LogP contribution >= 0.6 is 11.8 Å². The molecule has 0 saturated heterocycles. The molecule has 7 heteroatoms. The largest absolute Gasteiger partial charge is 0.478 e. The first-order valence-corrected chi connectivity index (χ1v) is 7.98. The molecule has 21 heavy (non-hydrogen) atoms. The summed E-state index contributed by atoms with van der Waals surface area (Å²) < 4.78 is 10.9. The summed E-state index contributed by atoms with van der Waals surface area (Å²) >= 11 is 1.33. The fourth-order valence-corrected chi connectivity index (χ4v) is 2.81. The molecule has 0 aliphatic rings. The van der Waals surface area contributed by atoms with Crippen molar-refractivity contribution in [2.45, 2.75) is 45.4 Å². The SMILES string of the molecule is CCOC(CSc1nc(CC)nc(C)c1C(=O)O)OCC. The van der Waals surface area contributed by atoms with E-state index < -0.39 is 5.97 Å². The van der Waals surface area contributed by atoms with Gasteiger partial charge in [0.05, 0.1) is 11.4 Å². The third kappa shape index (κ3) is 5.26. The highest BCUT2D eigenvalue weighted by atomic mass is 32.2. The molecule has 1 aromatic rings. The number of carbonyl (C=O) groups is 1. The number of aromatic nitrogens is 2. The summed E-state index contributed by atoms with van der Waals surface area (Å²) in [5, 5.41) is 9.79. The maximum absolute atomic E-state index is 11.4. The lowest BCUT2D eigenvalue weighted by molar-refractivity contribution is -0.120. The average molecular weight is 314 g/mol. The molecule has 0 aliphatic heterocycles. The number of hydrogen-bond acceptors (Lipinski definition) is 6. The van der Waals surface area contributed by atoms with Gasteiger partial charge < -0.3 is 14.6 Å². The van der Waals surface area contributed by atoms with Crippen LogP contribution in [-0.4, -0.2) is 46.3 Å². The summed E-state index contributed by atoms with van der Waals surface area (Å²) in [7, 11) is 0. The molecule has 0 atom stereocenters. The van der Waals surface area contributed by atoms with E-state index in [2.05, 4.69) is 9.97 Å². The van der Waals surface area contributed by atoms with Gasteiger partial charge in [-0.3, -0.25) is 0 Å². The Morgan fingerprint density at radius 3 is 2.33 bits per heavy atom. The standard InChI is InChI=1S/C14H22N2O4S/c1-5-10-15-9(4)12(14(17)18)13(16-10)21-8-11(19-6-2)20-7-3/h11H,5-8H2,1-4H3,(H,17,18). The van der Waals surface area contributed by atoms with Gasteiger partial charge in [0.15, 0.2) is 6.29 Å². The lowest BCUT2D eigenvalue weighted by Crippen LogP contribution is -2.20. The van der Waals surface area contributed by atoms with E-state index >= 15 is 0 Å². The summed E-state index contributed by atoms with van der Waals surface area (Å²) in [4.78, 5) is 19.9. The maximum Gasteiger partial charge on any atom is 0.340 e. The van der Waals surface area contributed by atoms with Crippen molar-refractivity contribution in [3.63, 3.8) is 0 Å². The van der Waals surface area contributed by atoms with Crippen LogP contribution in [0.15, 0.2) is 5.03 Å². The molecule has 0 amide bonds. The Kier molecular flexibility index (Phi) is 7.63. The Hall–Kier alpha value is -1.18. The second-order valence-electron chi connectivity index (χ2n) is 4.22. The van der Waals surface area contributed by atoms with Gasteiger partial charge >= 0.3 is 5.97 Å². The summed E-state index contributed by atoms with van der Waals surface area (Å²) in [6, 6.07) is 0. The summed E-state index contributed by atoms with van der Waals surface area (Å²) in [6.45, 7) is 8.50. The predicted octanol–water partition coefficient (Wildman–Crippen LogP) is 2.54. The topological polar surface area (TPSA) is 81.5 Å². The van der Waals surface area contributed by atoms with Gasteiger partial charge in [-0.2, -0.15) is 0 Å². The van der Waals surface area contributed by atoms with E-state index in [1.54, 1.807) is 6.92 Å². The molecule has 0 fully saturated rings. The van der Waals surface area contributed by atoms with E-state index in [0.717, 1.165) is 0 Å². The highest BCUT2D eigenvalue weighted by Crippen LogP contribution is 2.24. The molecule has 0 spiro atoms. The van der Waals surface area contributed by atoms with Crippen LogP contribution in [-0.2, 0) is 15.9 Å². The minimum absolute atomic E-state index is 0.156. The normalized spacial score (nSPS) is 11.1. The molecule has 0 saturated carbocycles. The fraction of sp³-hybridized carbons (Fsp3) is 0.643. The number of carboxylic acid groups (broad SMARTS) is 1. The van der Waals surface area contributed by atoms with Gasteiger partial charge in [0, 0.05) is 19.6 Å². The van der Waals surface area contributed by atoms with Crippen molar-refractivity contribution in [3.8, 4) is 0 Å². The van der Waals surface area contributed by atoms with Gasteiger partial charge in [0.1, 0.15) is 16.4 Å². The van der Waals surface area contributed by atoms with Crippen molar-refractivity contribution in [1.82, 2.24) is 9.97 Å². The third-order valence-electron chi connectivity index (χ3n) is 2.69. The second-order valence-corrected chi connectivity index (χ2v) is 5.22. The minimum Gasteiger partial charge on any atom is -0.478 e. The van der Waals surface area contributed by atoms with Crippen LogP contribution in [0.5, 0.6) is 0 Å². The summed E-state index contributed by atoms with van der Waals surface area (Å²) in [5.74, 6) is 0.119. The number of hydrogen-bond donors (Lipinski definition) is 1. The van der Waals surface area contributed by atoms with Gasteiger partial charge in [-0.15, -0.1) is 11.8 Å². The third-order valence-corrected chi connectivity index (χ3v) is 3.70. The van der Waals surface area contributed by atoms with E-state index in [4.69, 9.17) is 9.47 Å². The van der Waals surface area contributed by atoms with Gasteiger partial charge in [0.2, 0.25) is 0 Å². The van der Waals surface area contributed by atoms with Crippen molar-refractivity contribution in [3.05, 3.63) is 17.1 Å². The van der Waals surface area contributed by atoms with E-state index in [0.29, 0.717) is 41.9 Å². The Balaban J connectivity index is 2.94. The predicted molar refractivity (Wildman–Crippen MR) is 80.9 cm³/mol. The van der Waals surface area contributed by atoms with E-state index in [9.17, 15) is 9.90 Å². The molecule has 6 nitrogen and oxygen atoms in total. The molecule has 118 valence electrons. The lowest BCUT2D eigenvalue weighted by atomic mass is 10.2. The van der Waals surface area contributed by atoms with Gasteiger partial charge in [-0.05, 0) is 20.8 Å². The highest BCUT2D eigenvalue weighted by molar-refractivity contribution is 7.99. The zero-order valence-electron chi connectivity index (χ0n) is 12.9. The Morgan fingerprint density at radius 1 is 1.24 bits per heavy atom. The van der Waals surface area contributed by atoms with Crippen molar-refractivity contribution < 1.29 is 19.4 Å². The molecule has 1 N–H and O–H groups in total. The highest BCUT2D eigenvalue weighted by Gasteiger charge is 2.19. The van der Waals surface area contributed by atoms with Gasteiger partial charge in [0.25, 0.3) is 0 Å². The zero-order valence-corrected chi connectivity index (χ0v) is 13.7. The smallest absolute Gasteiger partial charge is 0.340 e. The second kappa shape index (κ2) is 8.96. The number of thioether (sulfide) groups is 1. The quantitative estimate of drug-likeness (QED) is 0.426. The molecule has 1 rings (SSSR count). The molecule has 0 aliphatic carbocycles. The van der Waals surface area contributed by atoms with Gasteiger partial charge in [-0.25, -0.2) is 14.8 Å². The van der Waals surface area contributed by atoms with Crippen LogP contribution in [0.3, 0.4) is 0 Å².